The van der Waals surface area contributed by atoms with Crippen LogP contribution in [-0.4, -0.2) is 28.4 Å². The highest BCUT2D eigenvalue weighted by Gasteiger charge is 2.21. The largest absolute Gasteiger partial charge is 0.478 e. The summed E-state index contributed by atoms with van der Waals surface area (Å²) >= 11 is 0. The molecule has 0 unspecified atom stereocenters. The number of aromatic carboxylic acids is 2. The first-order valence-electron chi connectivity index (χ1n) is 5.03. The van der Waals surface area contributed by atoms with Crippen LogP contribution in [-0.2, 0) is 0 Å². The van der Waals surface area contributed by atoms with Gasteiger partial charge >= 0.3 is 11.9 Å². The summed E-state index contributed by atoms with van der Waals surface area (Å²) in [5, 5.41) is 18.8. The van der Waals surface area contributed by atoms with Gasteiger partial charge in [-0.15, -0.1) is 0 Å². The minimum absolute atomic E-state index is 0.160. The normalized spacial score (nSPS) is 10.2. The van der Waals surface area contributed by atoms with Gasteiger partial charge in [0.2, 0.25) is 0 Å². The topological polar surface area (TPSA) is 91.7 Å². The Bertz CT molecular complexity index is 672. The number of aldehydes is 1. The molecule has 0 heterocycles. The fraction of sp³-hybridized carbons (Fsp3) is 0. The first-order chi connectivity index (χ1) is 8.56. The lowest BCUT2D eigenvalue weighted by Gasteiger charge is -2.08. The average Bonchev–Trinajstić information content (AvgIpc) is 2.36. The number of hydrogen-bond acceptors (Lipinski definition) is 3. The first-order valence-corrected chi connectivity index (χ1v) is 5.03. The molecule has 0 aliphatic carbocycles. The Labute approximate surface area is 101 Å². The Morgan fingerprint density at radius 3 is 2.11 bits per heavy atom. The standard InChI is InChI=1S/C13H8O5/c14-6-7-5-10(12(15)16)11(13(17)18)9-4-2-1-3-8(7)9/h1-6H,(H,15,16)(H,17,18). The number of carbonyl (C=O) groups excluding carboxylic acids is 1. The smallest absolute Gasteiger partial charge is 0.337 e. The maximum absolute atomic E-state index is 11.2. The second-order valence-corrected chi connectivity index (χ2v) is 3.66. The van der Waals surface area contributed by atoms with Crippen LogP contribution in [0.15, 0.2) is 30.3 Å². The molecule has 0 atom stereocenters. The SMILES string of the molecule is O=Cc1cc(C(=O)O)c(C(=O)O)c2ccccc12. The van der Waals surface area contributed by atoms with Crippen molar-refractivity contribution in [1.82, 2.24) is 0 Å². The lowest BCUT2D eigenvalue weighted by atomic mass is 9.95. The first kappa shape index (κ1) is 11.8. The summed E-state index contributed by atoms with van der Waals surface area (Å²) in [6, 6.07) is 7.40. The third-order valence-corrected chi connectivity index (χ3v) is 2.65. The van der Waals surface area contributed by atoms with E-state index in [4.69, 9.17) is 10.2 Å². The highest BCUT2D eigenvalue weighted by molar-refractivity contribution is 6.15. The molecule has 2 aromatic rings. The van der Waals surface area contributed by atoms with Crippen LogP contribution in [0.2, 0.25) is 0 Å². The van der Waals surface area contributed by atoms with Gasteiger partial charge in [0.1, 0.15) is 0 Å². The van der Waals surface area contributed by atoms with Crippen LogP contribution in [0.3, 0.4) is 0 Å². The van der Waals surface area contributed by atoms with Gasteiger partial charge in [-0.05, 0) is 16.8 Å². The lowest BCUT2D eigenvalue weighted by molar-refractivity contribution is 0.0653. The molecule has 5 heteroatoms. The molecule has 0 aromatic heterocycles. The van der Waals surface area contributed by atoms with E-state index in [1.807, 2.05) is 0 Å². The van der Waals surface area contributed by atoms with Gasteiger partial charge in [-0.25, -0.2) is 9.59 Å². The Kier molecular flexibility index (Phi) is 2.81. The van der Waals surface area contributed by atoms with Crippen molar-refractivity contribution in [3.8, 4) is 0 Å². The molecule has 0 aliphatic heterocycles. The van der Waals surface area contributed by atoms with E-state index in [0.29, 0.717) is 11.7 Å². The third kappa shape index (κ3) is 1.71. The van der Waals surface area contributed by atoms with Gasteiger partial charge in [0.15, 0.2) is 6.29 Å². The van der Waals surface area contributed by atoms with Crippen molar-refractivity contribution in [2.24, 2.45) is 0 Å². The van der Waals surface area contributed by atoms with E-state index in [9.17, 15) is 14.4 Å². The van der Waals surface area contributed by atoms with Gasteiger partial charge in [-0.2, -0.15) is 0 Å². The Morgan fingerprint density at radius 2 is 1.61 bits per heavy atom. The fourth-order valence-electron chi connectivity index (χ4n) is 1.90. The molecule has 0 radical (unpaired) electrons. The predicted octanol–water partition coefficient (Wildman–Crippen LogP) is 2.05. The molecule has 18 heavy (non-hydrogen) atoms. The van der Waals surface area contributed by atoms with Crippen molar-refractivity contribution < 1.29 is 24.6 Å². The van der Waals surface area contributed by atoms with Crippen LogP contribution in [0, 0.1) is 0 Å². The highest BCUT2D eigenvalue weighted by Crippen LogP contribution is 2.25. The van der Waals surface area contributed by atoms with E-state index in [1.54, 1.807) is 18.2 Å². The van der Waals surface area contributed by atoms with Gasteiger partial charge in [-0.3, -0.25) is 4.79 Å². The van der Waals surface area contributed by atoms with E-state index in [-0.39, 0.29) is 22.1 Å². The van der Waals surface area contributed by atoms with Gasteiger partial charge < -0.3 is 10.2 Å². The summed E-state index contributed by atoms with van der Waals surface area (Å²) in [6.07, 6.45) is 0.514. The number of benzene rings is 2. The zero-order chi connectivity index (χ0) is 13.3. The van der Waals surface area contributed by atoms with Gasteiger partial charge in [0.25, 0.3) is 0 Å². The van der Waals surface area contributed by atoms with E-state index >= 15 is 0 Å². The quantitative estimate of drug-likeness (QED) is 0.806. The van der Waals surface area contributed by atoms with Crippen molar-refractivity contribution in [3.63, 3.8) is 0 Å². The Balaban J connectivity index is 3.01. The summed E-state index contributed by atoms with van der Waals surface area (Å²) in [5.41, 5.74) is -0.528. The van der Waals surface area contributed by atoms with E-state index in [1.165, 1.54) is 6.07 Å². The van der Waals surface area contributed by atoms with Crippen molar-refractivity contribution in [1.29, 1.82) is 0 Å². The lowest BCUT2D eigenvalue weighted by Crippen LogP contribution is -2.10. The highest BCUT2D eigenvalue weighted by atomic mass is 16.4. The molecule has 90 valence electrons. The summed E-state index contributed by atoms with van der Waals surface area (Å²) in [5.74, 6) is -2.71. The number of fused-ring (bicyclic) bond motifs is 1. The minimum Gasteiger partial charge on any atom is -0.478 e. The maximum atomic E-state index is 11.2. The molecule has 5 nitrogen and oxygen atoms in total. The van der Waals surface area contributed by atoms with Crippen LogP contribution in [0.5, 0.6) is 0 Å². The van der Waals surface area contributed by atoms with Crippen molar-refractivity contribution >= 4 is 29.0 Å². The molecule has 0 saturated heterocycles. The summed E-state index contributed by atoms with van der Waals surface area (Å²) in [4.78, 5) is 33.2. The van der Waals surface area contributed by atoms with Crippen LogP contribution in [0.1, 0.15) is 31.1 Å². The van der Waals surface area contributed by atoms with Gasteiger partial charge in [0, 0.05) is 5.56 Å². The third-order valence-electron chi connectivity index (χ3n) is 2.65. The van der Waals surface area contributed by atoms with Crippen LogP contribution in [0.4, 0.5) is 0 Å². The van der Waals surface area contributed by atoms with E-state index in [2.05, 4.69) is 0 Å². The number of rotatable bonds is 3. The van der Waals surface area contributed by atoms with Crippen LogP contribution in [0.25, 0.3) is 10.8 Å². The van der Waals surface area contributed by atoms with Gasteiger partial charge in [-0.1, -0.05) is 24.3 Å². The molecule has 0 spiro atoms. The van der Waals surface area contributed by atoms with Crippen molar-refractivity contribution in [2.75, 3.05) is 0 Å². The maximum Gasteiger partial charge on any atom is 0.337 e. The van der Waals surface area contributed by atoms with Crippen LogP contribution >= 0.6 is 0 Å². The predicted molar refractivity (Wildman–Crippen MR) is 63.3 cm³/mol. The summed E-state index contributed by atoms with van der Waals surface area (Å²) < 4.78 is 0. The zero-order valence-corrected chi connectivity index (χ0v) is 9.08. The zero-order valence-electron chi connectivity index (χ0n) is 9.08. The Hall–Kier alpha value is -2.69. The summed E-state index contributed by atoms with van der Waals surface area (Å²) in [6.45, 7) is 0. The monoisotopic (exact) mass is 244 g/mol. The van der Waals surface area contributed by atoms with E-state index < -0.39 is 11.9 Å². The number of carboxylic acids is 2. The van der Waals surface area contributed by atoms with E-state index in [0.717, 1.165) is 6.07 Å². The second-order valence-electron chi connectivity index (χ2n) is 3.66. The van der Waals surface area contributed by atoms with Crippen molar-refractivity contribution in [2.45, 2.75) is 0 Å². The molecule has 0 aliphatic rings. The van der Waals surface area contributed by atoms with Crippen molar-refractivity contribution in [3.05, 3.63) is 47.0 Å². The molecule has 2 rings (SSSR count). The molecule has 0 saturated carbocycles. The molecule has 2 aromatic carbocycles. The number of carbonyl (C=O) groups is 3. The number of hydrogen-bond donors (Lipinski definition) is 2. The minimum atomic E-state index is -1.37. The second kappa shape index (κ2) is 4.29. The molecule has 0 amide bonds. The molecule has 0 bridgehead atoms. The molecular weight excluding hydrogens is 236 g/mol. The molecule has 2 N–H and O–H groups in total. The Morgan fingerprint density at radius 1 is 1.00 bits per heavy atom. The molecular formula is C13H8O5. The molecule has 0 fully saturated rings. The fourth-order valence-corrected chi connectivity index (χ4v) is 1.90. The number of carboxylic acid groups (broad SMARTS) is 2. The average molecular weight is 244 g/mol. The van der Waals surface area contributed by atoms with Gasteiger partial charge in [0.05, 0.1) is 11.1 Å². The summed E-state index contributed by atoms with van der Waals surface area (Å²) in [7, 11) is 0. The van der Waals surface area contributed by atoms with Crippen LogP contribution < -0.4 is 0 Å².